The van der Waals surface area contributed by atoms with Crippen LogP contribution in [0.15, 0.2) is 24.3 Å². The van der Waals surface area contributed by atoms with E-state index >= 15 is 0 Å². The van der Waals surface area contributed by atoms with Crippen LogP contribution in [0.3, 0.4) is 0 Å². The molecule has 24 heavy (non-hydrogen) atoms. The fraction of sp³-hybridized carbons (Fsp3) is 0.533. The summed E-state index contributed by atoms with van der Waals surface area (Å²) < 4.78 is 4.77. The molecule has 0 fully saturated rings. The van der Waals surface area contributed by atoms with Gasteiger partial charge < -0.3 is 41.1 Å². The number of benzene rings is 1. The van der Waals surface area contributed by atoms with Crippen LogP contribution in [0.2, 0.25) is 0 Å². The van der Waals surface area contributed by atoms with E-state index < -0.39 is 49.6 Å². The number of esters is 1. The predicted octanol–water partition coefficient (Wildman–Crippen LogP) is -2.76. The van der Waals surface area contributed by atoms with Crippen LogP contribution in [0.25, 0.3) is 0 Å². The van der Waals surface area contributed by atoms with Crippen LogP contribution in [-0.2, 0) is 16.0 Å². The first-order chi connectivity index (χ1) is 11.3. The number of nitrogens with two attached hydrogens (primary N) is 1. The summed E-state index contributed by atoms with van der Waals surface area (Å²) in [7, 11) is 0. The molecule has 1 rings (SSSR count). The number of ether oxygens (including phenoxy) is 1. The molecule has 8 N–H and O–H groups in total. The van der Waals surface area contributed by atoms with E-state index in [1.165, 1.54) is 12.1 Å². The lowest BCUT2D eigenvalue weighted by atomic mass is 10.0. The molecule has 0 amide bonds. The van der Waals surface area contributed by atoms with Crippen molar-refractivity contribution in [2.24, 2.45) is 5.73 Å². The van der Waals surface area contributed by atoms with Crippen LogP contribution in [-0.4, -0.2) is 80.3 Å². The number of hydrogen-bond acceptors (Lipinski definition) is 9. The Morgan fingerprint density at radius 1 is 1.04 bits per heavy atom. The lowest BCUT2D eigenvalue weighted by Crippen LogP contribution is -2.48. The predicted molar refractivity (Wildman–Crippen MR) is 81.9 cm³/mol. The first kappa shape index (κ1) is 20.3. The largest absolute Gasteiger partial charge is 0.508 e. The molecule has 0 radical (unpaired) electrons. The summed E-state index contributed by atoms with van der Waals surface area (Å²) in [6.07, 6.45) is -6.76. The fourth-order valence-electron chi connectivity index (χ4n) is 1.91. The van der Waals surface area contributed by atoms with Gasteiger partial charge in [-0.05, 0) is 24.1 Å². The third kappa shape index (κ3) is 6.04. The number of carbonyl (C=O) groups is 1. The SMILES string of the molecule is N[C@@H](Cc1ccc(O)cc1)C(=O)OC[C@H](O)[C@@H](O)[C@H](O)[C@H](O)CO. The van der Waals surface area contributed by atoms with Gasteiger partial charge in [-0.2, -0.15) is 0 Å². The molecular weight excluding hydrogens is 322 g/mol. The highest BCUT2D eigenvalue weighted by Gasteiger charge is 2.31. The number of aliphatic hydroxyl groups excluding tert-OH is 5. The van der Waals surface area contributed by atoms with E-state index in [9.17, 15) is 30.3 Å². The van der Waals surface area contributed by atoms with Crippen molar-refractivity contribution in [3.63, 3.8) is 0 Å². The second-order valence-electron chi connectivity index (χ2n) is 5.41. The van der Waals surface area contributed by atoms with Gasteiger partial charge in [0.2, 0.25) is 0 Å². The minimum absolute atomic E-state index is 0.0793. The van der Waals surface area contributed by atoms with Gasteiger partial charge >= 0.3 is 5.97 Å². The third-order valence-corrected chi connectivity index (χ3v) is 3.42. The van der Waals surface area contributed by atoms with Gasteiger partial charge in [-0.1, -0.05) is 12.1 Å². The average molecular weight is 345 g/mol. The van der Waals surface area contributed by atoms with Crippen molar-refractivity contribution in [2.45, 2.75) is 36.9 Å². The quantitative estimate of drug-likeness (QED) is 0.234. The minimum atomic E-state index is -1.81. The Morgan fingerprint density at radius 2 is 1.58 bits per heavy atom. The highest BCUT2D eigenvalue weighted by Crippen LogP contribution is 2.11. The van der Waals surface area contributed by atoms with Crippen molar-refractivity contribution in [1.82, 2.24) is 0 Å². The number of carbonyl (C=O) groups excluding carboxylic acids is 1. The third-order valence-electron chi connectivity index (χ3n) is 3.42. The molecule has 0 spiro atoms. The van der Waals surface area contributed by atoms with Gasteiger partial charge in [-0.3, -0.25) is 4.79 Å². The van der Waals surface area contributed by atoms with Gasteiger partial charge in [-0.15, -0.1) is 0 Å². The Bertz CT molecular complexity index is 509. The van der Waals surface area contributed by atoms with E-state index in [4.69, 9.17) is 15.6 Å². The first-order valence-corrected chi connectivity index (χ1v) is 7.29. The van der Waals surface area contributed by atoms with E-state index in [-0.39, 0.29) is 12.2 Å². The smallest absolute Gasteiger partial charge is 0.323 e. The van der Waals surface area contributed by atoms with Crippen molar-refractivity contribution in [3.8, 4) is 5.75 Å². The molecule has 0 heterocycles. The summed E-state index contributed by atoms with van der Waals surface area (Å²) in [5, 5.41) is 55.7. The molecule has 0 saturated heterocycles. The van der Waals surface area contributed by atoms with Crippen LogP contribution in [0, 0.1) is 0 Å². The molecule has 0 unspecified atom stereocenters. The van der Waals surface area contributed by atoms with Crippen molar-refractivity contribution in [3.05, 3.63) is 29.8 Å². The molecule has 0 aliphatic heterocycles. The van der Waals surface area contributed by atoms with Crippen molar-refractivity contribution in [1.29, 1.82) is 0 Å². The molecule has 0 aromatic heterocycles. The molecule has 0 bridgehead atoms. The van der Waals surface area contributed by atoms with Crippen molar-refractivity contribution >= 4 is 5.97 Å². The molecule has 0 aliphatic rings. The Morgan fingerprint density at radius 3 is 2.12 bits per heavy atom. The number of rotatable bonds is 9. The number of phenols is 1. The molecular formula is C15H23NO8. The summed E-state index contributed by atoms with van der Waals surface area (Å²) in [5.74, 6) is -0.748. The summed E-state index contributed by atoms with van der Waals surface area (Å²) >= 11 is 0. The second kappa shape index (κ2) is 9.52. The standard InChI is InChI=1S/C15H23NO8/c16-10(5-8-1-3-9(18)4-2-8)15(23)24-7-12(20)14(22)13(21)11(19)6-17/h1-4,10-14,17-22H,5-7,16H2/t10-,11+,12-,13+,14+/m0/s1. The van der Waals surface area contributed by atoms with Gasteiger partial charge in [-0.25, -0.2) is 0 Å². The molecule has 9 heteroatoms. The number of aromatic hydroxyl groups is 1. The summed E-state index contributed by atoms with van der Waals surface area (Å²) in [6, 6.07) is 5.05. The van der Waals surface area contributed by atoms with Crippen LogP contribution < -0.4 is 5.73 Å². The average Bonchev–Trinajstić information content (AvgIpc) is 2.58. The van der Waals surface area contributed by atoms with Gasteiger partial charge in [0.15, 0.2) is 0 Å². The van der Waals surface area contributed by atoms with E-state index in [0.717, 1.165) is 0 Å². The van der Waals surface area contributed by atoms with Crippen LogP contribution in [0.1, 0.15) is 5.56 Å². The molecule has 0 saturated carbocycles. The molecule has 5 atom stereocenters. The second-order valence-corrected chi connectivity index (χ2v) is 5.41. The zero-order valence-electron chi connectivity index (χ0n) is 12.9. The van der Waals surface area contributed by atoms with Crippen LogP contribution >= 0.6 is 0 Å². The summed E-state index contributed by atoms with van der Waals surface area (Å²) in [5.41, 5.74) is 6.37. The topological polar surface area (TPSA) is 174 Å². The maximum absolute atomic E-state index is 11.8. The first-order valence-electron chi connectivity index (χ1n) is 7.29. The van der Waals surface area contributed by atoms with E-state index in [1.807, 2.05) is 0 Å². The van der Waals surface area contributed by atoms with E-state index in [2.05, 4.69) is 0 Å². The lowest BCUT2D eigenvalue weighted by Gasteiger charge is -2.25. The van der Waals surface area contributed by atoms with Crippen molar-refractivity contribution < 1.29 is 40.2 Å². The van der Waals surface area contributed by atoms with Gasteiger partial charge in [0.25, 0.3) is 0 Å². The number of aliphatic hydroxyl groups is 5. The monoisotopic (exact) mass is 345 g/mol. The van der Waals surface area contributed by atoms with Gasteiger partial charge in [0.1, 0.15) is 42.8 Å². The summed E-state index contributed by atoms with van der Waals surface area (Å²) in [6.45, 7) is -1.44. The Labute approximate surface area is 138 Å². The maximum atomic E-state index is 11.8. The Kier molecular flexibility index (Phi) is 8.05. The minimum Gasteiger partial charge on any atom is -0.508 e. The highest BCUT2D eigenvalue weighted by atomic mass is 16.5. The lowest BCUT2D eigenvalue weighted by molar-refractivity contribution is -0.157. The fourth-order valence-corrected chi connectivity index (χ4v) is 1.91. The Hall–Kier alpha value is -1.75. The van der Waals surface area contributed by atoms with Crippen molar-refractivity contribution in [2.75, 3.05) is 13.2 Å². The molecule has 136 valence electrons. The van der Waals surface area contributed by atoms with Crippen LogP contribution in [0.4, 0.5) is 0 Å². The normalized spacial score (nSPS) is 17.6. The highest BCUT2D eigenvalue weighted by molar-refractivity contribution is 5.75. The zero-order valence-corrected chi connectivity index (χ0v) is 12.9. The number of phenolic OH excluding ortho intramolecular Hbond substituents is 1. The molecule has 9 nitrogen and oxygen atoms in total. The summed E-state index contributed by atoms with van der Waals surface area (Å²) in [4.78, 5) is 11.8. The molecule has 1 aromatic rings. The molecule has 0 aliphatic carbocycles. The van der Waals surface area contributed by atoms with E-state index in [1.54, 1.807) is 12.1 Å². The maximum Gasteiger partial charge on any atom is 0.323 e. The van der Waals surface area contributed by atoms with Gasteiger partial charge in [0.05, 0.1) is 6.61 Å². The zero-order chi connectivity index (χ0) is 18.3. The van der Waals surface area contributed by atoms with Crippen LogP contribution in [0.5, 0.6) is 5.75 Å². The van der Waals surface area contributed by atoms with Gasteiger partial charge in [0, 0.05) is 0 Å². The van der Waals surface area contributed by atoms with E-state index in [0.29, 0.717) is 5.56 Å². The molecule has 1 aromatic carbocycles. The number of hydrogen-bond donors (Lipinski definition) is 7. The Balaban J connectivity index is 2.45.